The number of thioether (sulfide) groups is 1. The van der Waals surface area contributed by atoms with Crippen molar-refractivity contribution < 1.29 is 4.79 Å². The van der Waals surface area contributed by atoms with Crippen molar-refractivity contribution >= 4 is 40.0 Å². The Morgan fingerprint density at radius 3 is 2.66 bits per heavy atom. The molecular weight excluding hydrogens is 404 g/mol. The van der Waals surface area contributed by atoms with E-state index in [2.05, 4.69) is 44.8 Å². The maximum Gasteiger partial charge on any atom is 0.230 e. The summed E-state index contributed by atoms with van der Waals surface area (Å²) in [4.78, 5) is 16.8. The van der Waals surface area contributed by atoms with E-state index in [-0.39, 0.29) is 17.7 Å². The van der Waals surface area contributed by atoms with Gasteiger partial charge in [-0.1, -0.05) is 59.8 Å². The molecule has 29 heavy (non-hydrogen) atoms. The van der Waals surface area contributed by atoms with Gasteiger partial charge in [0.15, 0.2) is 5.82 Å². The number of nitrogens with zero attached hydrogens (tertiary/aromatic N) is 2. The second kappa shape index (κ2) is 8.68. The Bertz CT molecular complexity index is 1140. The predicted molar refractivity (Wildman–Crippen MR) is 118 cm³/mol. The number of hydrogen-bond acceptors (Lipinski definition) is 4. The van der Waals surface area contributed by atoms with E-state index >= 15 is 0 Å². The van der Waals surface area contributed by atoms with Crippen LogP contribution in [0.2, 0.25) is 5.02 Å². The first kappa shape index (κ1) is 19.5. The molecule has 0 saturated heterocycles. The highest BCUT2D eigenvalue weighted by Gasteiger charge is 2.13. The van der Waals surface area contributed by atoms with Crippen molar-refractivity contribution in [2.75, 3.05) is 5.75 Å². The van der Waals surface area contributed by atoms with Gasteiger partial charge in [0, 0.05) is 10.6 Å². The fourth-order valence-corrected chi connectivity index (χ4v) is 3.76. The van der Waals surface area contributed by atoms with Crippen LogP contribution in [-0.2, 0) is 4.79 Å². The van der Waals surface area contributed by atoms with Gasteiger partial charge in [-0.2, -0.15) is 0 Å². The van der Waals surface area contributed by atoms with E-state index in [0.717, 1.165) is 16.5 Å². The molecule has 4 rings (SSSR count). The van der Waals surface area contributed by atoms with Crippen LogP contribution in [0.3, 0.4) is 0 Å². The van der Waals surface area contributed by atoms with E-state index in [4.69, 9.17) is 11.6 Å². The van der Waals surface area contributed by atoms with Gasteiger partial charge < -0.3 is 5.32 Å². The smallest absolute Gasteiger partial charge is 0.230 e. The van der Waals surface area contributed by atoms with Crippen LogP contribution in [0.4, 0.5) is 0 Å². The molecule has 1 unspecified atom stereocenters. The van der Waals surface area contributed by atoms with Crippen molar-refractivity contribution in [2.45, 2.75) is 18.1 Å². The molecule has 0 aliphatic heterocycles. The third-order valence-corrected chi connectivity index (χ3v) is 5.67. The molecule has 0 aliphatic rings. The molecule has 1 amide bonds. The summed E-state index contributed by atoms with van der Waals surface area (Å²) in [5.74, 6) is 0.832. The first-order chi connectivity index (χ1) is 14.1. The van der Waals surface area contributed by atoms with Gasteiger partial charge in [0.05, 0.1) is 11.8 Å². The zero-order chi connectivity index (χ0) is 20.2. The van der Waals surface area contributed by atoms with Crippen molar-refractivity contribution in [3.63, 3.8) is 0 Å². The number of benzene rings is 3. The van der Waals surface area contributed by atoms with Crippen molar-refractivity contribution in [1.82, 2.24) is 20.5 Å². The number of hydrogen-bond donors (Lipinski definition) is 2. The normalized spacial score (nSPS) is 12.1. The number of nitrogens with one attached hydrogen (secondary N) is 2. The number of aromatic nitrogens is 3. The second-order valence-corrected chi connectivity index (χ2v) is 8.04. The number of carbonyl (C=O) groups excluding carboxylic acids is 1. The number of carbonyl (C=O) groups is 1. The first-order valence-corrected chi connectivity index (χ1v) is 10.5. The Morgan fingerprint density at radius 2 is 1.86 bits per heavy atom. The Morgan fingerprint density at radius 1 is 1.10 bits per heavy atom. The molecule has 0 bridgehead atoms. The third kappa shape index (κ3) is 4.78. The standard InChI is InChI=1S/C22H19ClN4OS/c1-14(17-7-6-15-4-2-3-5-18(15)12-17)24-20(28)13-29-22-25-21(26-27-22)16-8-10-19(23)11-9-16/h2-12,14H,13H2,1H3,(H,24,28)(H,25,26,27). The molecule has 0 fully saturated rings. The Balaban J connectivity index is 1.34. The average molecular weight is 423 g/mol. The van der Waals surface area contributed by atoms with Crippen LogP contribution in [0.1, 0.15) is 18.5 Å². The van der Waals surface area contributed by atoms with Gasteiger partial charge in [-0.3, -0.25) is 9.89 Å². The van der Waals surface area contributed by atoms with Crippen LogP contribution in [-0.4, -0.2) is 26.8 Å². The lowest BCUT2D eigenvalue weighted by molar-refractivity contribution is -0.119. The SMILES string of the molecule is CC(NC(=O)CSc1n[nH]c(-c2ccc(Cl)cc2)n1)c1ccc2ccccc2c1. The summed E-state index contributed by atoms with van der Waals surface area (Å²) < 4.78 is 0. The van der Waals surface area contributed by atoms with Crippen molar-refractivity contribution in [1.29, 1.82) is 0 Å². The molecule has 0 aliphatic carbocycles. The van der Waals surface area contributed by atoms with E-state index in [9.17, 15) is 4.79 Å². The number of fused-ring (bicyclic) bond motifs is 1. The molecular formula is C22H19ClN4OS. The van der Waals surface area contributed by atoms with Gasteiger partial charge in [-0.15, -0.1) is 5.10 Å². The monoisotopic (exact) mass is 422 g/mol. The van der Waals surface area contributed by atoms with Gasteiger partial charge >= 0.3 is 0 Å². The minimum atomic E-state index is -0.0792. The number of aromatic amines is 1. The summed E-state index contributed by atoms with van der Waals surface area (Å²) in [6.45, 7) is 1.98. The number of amides is 1. The fraction of sp³-hybridized carbons (Fsp3) is 0.136. The molecule has 0 spiro atoms. The van der Waals surface area contributed by atoms with Gasteiger partial charge in [0.25, 0.3) is 0 Å². The molecule has 0 saturated carbocycles. The highest BCUT2D eigenvalue weighted by atomic mass is 35.5. The summed E-state index contributed by atoms with van der Waals surface area (Å²) in [6.07, 6.45) is 0. The van der Waals surface area contributed by atoms with Gasteiger partial charge in [-0.05, 0) is 53.6 Å². The Hall–Kier alpha value is -2.83. The summed E-state index contributed by atoms with van der Waals surface area (Å²) in [6, 6.07) is 21.7. The molecule has 146 valence electrons. The zero-order valence-corrected chi connectivity index (χ0v) is 17.3. The molecule has 2 N–H and O–H groups in total. The zero-order valence-electron chi connectivity index (χ0n) is 15.7. The van der Waals surface area contributed by atoms with Gasteiger partial charge in [0.2, 0.25) is 11.1 Å². The summed E-state index contributed by atoms with van der Waals surface area (Å²) in [5.41, 5.74) is 1.97. The highest BCUT2D eigenvalue weighted by Crippen LogP contribution is 2.22. The highest BCUT2D eigenvalue weighted by molar-refractivity contribution is 7.99. The van der Waals surface area contributed by atoms with E-state index in [1.54, 1.807) is 12.1 Å². The Labute approximate surface area is 177 Å². The van der Waals surface area contributed by atoms with Crippen LogP contribution in [0.25, 0.3) is 22.2 Å². The third-order valence-electron chi connectivity index (χ3n) is 4.57. The fourth-order valence-electron chi connectivity index (χ4n) is 3.02. The minimum Gasteiger partial charge on any atom is -0.349 e. The summed E-state index contributed by atoms with van der Waals surface area (Å²) in [5, 5.41) is 13.6. The second-order valence-electron chi connectivity index (χ2n) is 6.66. The van der Waals surface area contributed by atoms with E-state index in [1.165, 1.54) is 17.1 Å². The van der Waals surface area contributed by atoms with E-state index in [0.29, 0.717) is 16.0 Å². The van der Waals surface area contributed by atoms with Crippen LogP contribution in [0.15, 0.2) is 71.9 Å². The number of rotatable bonds is 6. The van der Waals surface area contributed by atoms with E-state index < -0.39 is 0 Å². The quantitative estimate of drug-likeness (QED) is 0.416. The lowest BCUT2D eigenvalue weighted by Crippen LogP contribution is -2.28. The molecule has 1 aromatic heterocycles. The summed E-state index contributed by atoms with van der Waals surface area (Å²) in [7, 11) is 0. The van der Waals surface area contributed by atoms with Crippen LogP contribution >= 0.6 is 23.4 Å². The molecule has 5 nitrogen and oxygen atoms in total. The van der Waals surface area contributed by atoms with Gasteiger partial charge in [-0.25, -0.2) is 4.98 Å². The molecule has 1 heterocycles. The largest absolute Gasteiger partial charge is 0.349 e. The Kier molecular flexibility index (Phi) is 5.83. The molecule has 3 aromatic carbocycles. The lowest BCUT2D eigenvalue weighted by Gasteiger charge is -2.14. The maximum absolute atomic E-state index is 12.4. The van der Waals surface area contributed by atoms with Gasteiger partial charge in [0.1, 0.15) is 0 Å². The molecule has 0 radical (unpaired) electrons. The number of H-pyrrole nitrogens is 1. The first-order valence-electron chi connectivity index (χ1n) is 9.18. The van der Waals surface area contributed by atoms with Crippen LogP contribution < -0.4 is 5.32 Å². The minimum absolute atomic E-state index is 0.0616. The average Bonchev–Trinajstić information content (AvgIpc) is 3.21. The van der Waals surface area contributed by atoms with Crippen molar-refractivity contribution in [3.8, 4) is 11.4 Å². The molecule has 7 heteroatoms. The topological polar surface area (TPSA) is 70.7 Å². The maximum atomic E-state index is 12.4. The molecule has 4 aromatic rings. The van der Waals surface area contributed by atoms with Crippen molar-refractivity contribution in [2.24, 2.45) is 0 Å². The van der Waals surface area contributed by atoms with Crippen molar-refractivity contribution in [3.05, 3.63) is 77.3 Å². The van der Waals surface area contributed by atoms with Crippen LogP contribution in [0, 0.1) is 0 Å². The summed E-state index contributed by atoms with van der Waals surface area (Å²) >= 11 is 7.20. The predicted octanol–water partition coefficient (Wildman–Crippen LogP) is 5.25. The van der Waals surface area contributed by atoms with E-state index in [1.807, 2.05) is 37.3 Å². The van der Waals surface area contributed by atoms with Crippen LogP contribution in [0.5, 0.6) is 0 Å². The number of halogens is 1. The lowest BCUT2D eigenvalue weighted by atomic mass is 10.0. The molecule has 1 atom stereocenters.